The minimum Gasteiger partial charge on any atom is -0.488 e. The third kappa shape index (κ3) is 3.00. The first kappa shape index (κ1) is 15.4. The monoisotopic (exact) mass is 358 g/mol. The molecular formula is C19H21BrNO. The molecule has 3 heteroatoms. The van der Waals surface area contributed by atoms with Gasteiger partial charge in [-0.3, -0.25) is 0 Å². The van der Waals surface area contributed by atoms with Crippen molar-refractivity contribution >= 4 is 21.6 Å². The fraction of sp³-hybridized carbons (Fsp3) is 0.316. The summed E-state index contributed by atoms with van der Waals surface area (Å²) in [5, 5.41) is 3.57. The SMILES string of the molecule is [CH2]C(Oc1cccc(C)c1C)C1CCc2c(Br)cccc2N1. The molecule has 2 atom stereocenters. The molecule has 0 aliphatic carbocycles. The van der Waals surface area contributed by atoms with Crippen LogP contribution in [0.15, 0.2) is 40.9 Å². The van der Waals surface area contributed by atoms with E-state index in [1.165, 1.54) is 26.9 Å². The fourth-order valence-corrected chi connectivity index (χ4v) is 3.46. The summed E-state index contributed by atoms with van der Waals surface area (Å²) >= 11 is 3.62. The molecular weight excluding hydrogens is 338 g/mol. The van der Waals surface area contributed by atoms with Gasteiger partial charge in [0.05, 0.1) is 6.04 Å². The number of hydrogen-bond acceptors (Lipinski definition) is 2. The number of anilines is 1. The summed E-state index contributed by atoms with van der Waals surface area (Å²) in [5.41, 5.74) is 4.97. The lowest BCUT2D eigenvalue weighted by molar-refractivity contribution is 0.214. The minimum atomic E-state index is -0.118. The van der Waals surface area contributed by atoms with E-state index < -0.39 is 0 Å². The first-order chi connectivity index (χ1) is 10.6. The van der Waals surface area contributed by atoms with Crippen LogP contribution in [0.4, 0.5) is 5.69 Å². The molecule has 1 aliphatic rings. The zero-order valence-corrected chi connectivity index (χ0v) is 14.6. The standard InChI is InChI=1S/C19H21BrNO/c1-12-6-4-9-19(13(12)2)22-14(3)17-11-10-15-16(20)7-5-8-18(15)21-17/h4-9,14,17,21H,3,10-11H2,1-2H3. The maximum absolute atomic E-state index is 6.13. The molecule has 0 fully saturated rings. The summed E-state index contributed by atoms with van der Waals surface area (Å²) in [7, 11) is 0. The Bertz CT molecular complexity index is 683. The largest absolute Gasteiger partial charge is 0.488 e. The van der Waals surface area contributed by atoms with Gasteiger partial charge in [-0.1, -0.05) is 34.1 Å². The van der Waals surface area contributed by atoms with Crippen molar-refractivity contribution in [3.05, 3.63) is 64.5 Å². The van der Waals surface area contributed by atoms with Gasteiger partial charge in [-0.25, -0.2) is 0 Å². The van der Waals surface area contributed by atoms with Gasteiger partial charge in [0.15, 0.2) is 0 Å². The number of benzene rings is 2. The number of fused-ring (bicyclic) bond motifs is 1. The predicted molar refractivity (Wildman–Crippen MR) is 95.6 cm³/mol. The Kier molecular flexibility index (Phi) is 4.44. The van der Waals surface area contributed by atoms with Crippen molar-refractivity contribution in [2.45, 2.75) is 38.8 Å². The van der Waals surface area contributed by atoms with Gasteiger partial charge < -0.3 is 10.1 Å². The Hall–Kier alpha value is -1.48. The molecule has 0 saturated carbocycles. The topological polar surface area (TPSA) is 21.3 Å². The van der Waals surface area contributed by atoms with E-state index in [-0.39, 0.29) is 12.1 Å². The van der Waals surface area contributed by atoms with Crippen LogP contribution < -0.4 is 10.1 Å². The number of ether oxygens (including phenoxy) is 1. The van der Waals surface area contributed by atoms with Crippen LogP contribution >= 0.6 is 15.9 Å². The van der Waals surface area contributed by atoms with E-state index in [0.29, 0.717) is 0 Å². The van der Waals surface area contributed by atoms with Crippen LogP contribution in [0.3, 0.4) is 0 Å². The van der Waals surface area contributed by atoms with Crippen molar-refractivity contribution in [2.24, 2.45) is 0 Å². The number of halogens is 1. The average Bonchev–Trinajstić information content (AvgIpc) is 2.51. The molecule has 1 heterocycles. The van der Waals surface area contributed by atoms with Gasteiger partial charge in [0.25, 0.3) is 0 Å². The molecule has 2 aromatic carbocycles. The summed E-state index contributed by atoms with van der Waals surface area (Å²) in [6.45, 7) is 8.43. The van der Waals surface area contributed by atoms with E-state index in [2.05, 4.69) is 66.3 Å². The second-order valence-electron chi connectivity index (χ2n) is 5.91. The third-order valence-electron chi connectivity index (χ3n) is 4.45. The van der Waals surface area contributed by atoms with E-state index in [4.69, 9.17) is 4.74 Å². The van der Waals surface area contributed by atoms with Crippen molar-refractivity contribution in [1.29, 1.82) is 0 Å². The lowest BCUT2D eigenvalue weighted by Crippen LogP contribution is -2.39. The summed E-state index contributed by atoms with van der Waals surface area (Å²) in [6, 6.07) is 12.7. The van der Waals surface area contributed by atoms with Crippen LogP contribution in [0.1, 0.15) is 23.1 Å². The van der Waals surface area contributed by atoms with Crippen LogP contribution in [0, 0.1) is 20.8 Å². The van der Waals surface area contributed by atoms with Crippen molar-refractivity contribution in [3.63, 3.8) is 0 Å². The second-order valence-corrected chi connectivity index (χ2v) is 6.76. The van der Waals surface area contributed by atoms with Crippen LogP contribution in [-0.2, 0) is 6.42 Å². The lowest BCUT2D eigenvalue weighted by atomic mass is 9.95. The Morgan fingerprint density at radius 2 is 2.00 bits per heavy atom. The van der Waals surface area contributed by atoms with Crippen molar-refractivity contribution in [1.82, 2.24) is 0 Å². The van der Waals surface area contributed by atoms with E-state index in [0.717, 1.165) is 18.6 Å². The second kappa shape index (κ2) is 6.33. The Morgan fingerprint density at radius 3 is 2.82 bits per heavy atom. The van der Waals surface area contributed by atoms with Crippen molar-refractivity contribution < 1.29 is 4.74 Å². The highest BCUT2D eigenvalue weighted by molar-refractivity contribution is 9.10. The number of rotatable bonds is 3. The van der Waals surface area contributed by atoms with Gasteiger partial charge in [0, 0.05) is 10.2 Å². The maximum atomic E-state index is 6.13. The Morgan fingerprint density at radius 1 is 1.23 bits per heavy atom. The van der Waals surface area contributed by atoms with Crippen LogP contribution in [0.2, 0.25) is 0 Å². The molecule has 0 saturated heterocycles. The number of nitrogens with one attached hydrogen (secondary N) is 1. The van der Waals surface area contributed by atoms with E-state index >= 15 is 0 Å². The van der Waals surface area contributed by atoms with Crippen molar-refractivity contribution in [2.75, 3.05) is 5.32 Å². The molecule has 0 amide bonds. The molecule has 1 N–H and O–H groups in total. The third-order valence-corrected chi connectivity index (χ3v) is 5.19. The zero-order valence-electron chi connectivity index (χ0n) is 13.0. The van der Waals surface area contributed by atoms with E-state index in [1.54, 1.807) is 0 Å². The molecule has 2 nitrogen and oxygen atoms in total. The molecule has 115 valence electrons. The molecule has 2 unspecified atom stereocenters. The van der Waals surface area contributed by atoms with E-state index in [9.17, 15) is 0 Å². The molecule has 1 radical (unpaired) electrons. The predicted octanol–water partition coefficient (Wildman–Crippen LogP) is 5.07. The summed E-state index contributed by atoms with van der Waals surface area (Å²) in [5.74, 6) is 0.932. The van der Waals surface area contributed by atoms with Crippen LogP contribution in [0.25, 0.3) is 0 Å². The minimum absolute atomic E-state index is 0.118. The molecule has 0 aromatic heterocycles. The first-order valence-corrected chi connectivity index (χ1v) is 8.45. The van der Waals surface area contributed by atoms with Gasteiger partial charge in [-0.2, -0.15) is 0 Å². The van der Waals surface area contributed by atoms with Gasteiger partial charge in [-0.15, -0.1) is 0 Å². The smallest absolute Gasteiger partial charge is 0.123 e. The molecule has 2 aromatic rings. The Balaban J connectivity index is 1.74. The normalized spacial score (nSPS) is 18.3. The van der Waals surface area contributed by atoms with Crippen molar-refractivity contribution in [3.8, 4) is 5.75 Å². The highest BCUT2D eigenvalue weighted by atomic mass is 79.9. The molecule has 22 heavy (non-hydrogen) atoms. The summed E-state index contributed by atoms with van der Waals surface area (Å²) in [6.07, 6.45) is 1.94. The fourth-order valence-electron chi connectivity index (χ4n) is 2.90. The lowest BCUT2D eigenvalue weighted by Gasteiger charge is -2.32. The number of aryl methyl sites for hydroxylation is 1. The van der Waals surface area contributed by atoms with E-state index in [1.807, 2.05) is 12.1 Å². The summed E-state index contributed by atoms with van der Waals surface area (Å²) < 4.78 is 7.30. The highest BCUT2D eigenvalue weighted by Gasteiger charge is 2.25. The van der Waals surface area contributed by atoms with Gasteiger partial charge in [0.2, 0.25) is 0 Å². The van der Waals surface area contributed by atoms with Crippen LogP contribution in [-0.4, -0.2) is 12.1 Å². The quantitative estimate of drug-likeness (QED) is 0.826. The summed E-state index contributed by atoms with van der Waals surface area (Å²) in [4.78, 5) is 0. The average molecular weight is 359 g/mol. The first-order valence-electron chi connectivity index (χ1n) is 7.66. The molecule has 0 spiro atoms. The van der Waals surface area contributed by atoms with Gasteiger partial charge >= 0.3 is 0 Å². The zero-order chi connectivity index (χ0) is 15.7. The van der Waals surface area contributed by atoms with Gasteiger partial charge in [-0.05, 0) is 68.5 Å². The number of hydrogen-bond donors (Lipinski definition) is 1. The maximum Gasteiger partial charge on any atom is 0.123 e. The van der Waals surface area contributed by atoms with Gasteiger partial charge in [0.1, 0.15) is 11.9 Å². The molecule has 1 aliphatic heterocycles. The molecule has 3 rings (SSSR count). The van der Waals surface area contributed by atoms with Crippen LogP contribution in [0.5, 0.6) is 5.75 Å². The molecule has 0 bridgehead atoms. The Labute approximate surface area is 141 Å². The highest BCUT2D eigenvalue weighted by Crippen LogP contribution is 2.32.